The summed E-state index contributed by atoms with van der Waals surface area (Å²) >= 11 is 0. The molecular weight excluding hydrogens is 248 g/mol. The maximum atomic E-state index is 11.8. The quantitative estimate of drug-likeness (QED) is 0.725. The van der Waals surface area contributed by atoms with Gasteiger partial charge in [-0.1, -0.05) is 6.92 Å². The van der Waals surface area contributed by atoms with Crippen molar-refractivity contribution in [3.8, 4) is 0 Å². The minimum absolute atomic E-state index is 0.0564. The highest BCUT2D eigenvalue weighted by atomic mass is 16.6. The number of ketones is 1. The minimum atomic E-state index is -0.549. The SMILES string of the molecule is COC(=O)C[C@H]1C[C@@]2(C[C@H]1C(C)=O)OC(=O)C[C@@H]2C. The molecule has 4 atom stereocenters. The summed E-state index contributed by atoms with van der Waals surface area (Å²) in [6.45, 7) is 3.51. The van der Waals surface area contributed by atoms with E-state index in [2.05, 4.69) is 4.74 Å². The molecule has 1 saturated heterocycles. The first-order valence-corrected chi connectivity index (χ1v) is 6.67. The van der Waals surface area contributed by atoms with Crippen LogP contribution < -0.4 is 0 Å². The van der Waals surface area contributed by atoms with Gasteiger partial charge >= 0.3 is 11.9 Å². The number of esters is 2. The Labute approximate surface area is 112 Å². The Hall–Kier alpha value is -1.39. The first kappa shape index (κ1) is 14.0. The van der Waals surface area contributed by atoms with E-state index in [4.69, 9.17) is 4.74 Å². The molecule has 1 aliphatic heterocycles. The maximum absolute atomic E-state index is 11.8. The first-order valence-electron chi connectivity index (χ1n) is 6.67. The van der Waals surface area contributed by atoms with Crippen molar-refractivity contribution >= 4 is 17.7 Å². The van der Waals surface area contributed by atoms with Crippen molar-refractivity contribution in [3.05, 3.63) is 0 Å². The van der Waals surface area contributed by atoms with Gasteiger partial charge in [-0.2, -0.15) is 0 Å². The first-order chi connectivity index (χ1) is 8.88. The molecule has 0 N–H and O–H groups in total. The zero-order valence-corrected chi connectivity index (χ0v) is 11.6. The zero-order chi connectivity index (χ0) is 14.2. The van der Waals surface area contributed by atoms with E-state index in [9.17, 15) is 14.4 Å². The molecule has 0 aromatic carbocycles. The van der Waals surface area contributed by atoms with E-state index in [1.165, 1.54) is 14.0 Å². The van der Waals surface area contributed by atoms with Crippen LogP contribution in [0.1, 0.15) is 39.5 Å². The van der Waals surface area contributed by atoms with Gasteiger partial charge in [-0.05, 0) is 25.7 Å². The number of rotatable bonds is 3. The fourth-order valence-electron chi connectivity index (χ4n) is 3.49. The number of carbonyl (C=O) groups is 3. The molecule has 2 aliphatic rings. The van der Waals surface area contributed by atoms with Gasteiger partial charge in [0.2, 0.25) is 0 Å². The van der Waals surface area contributed by atoms with Crippen LogP contribution >= 0.6 is 0 Å². The summed E-state index contributed by atoms with van der Waals surface area (Å²) in [4.78, 5) is 34.7. The second-order valence-electron chi connectivity index (χ2n) is 5.81. The summed E-state index contributed by atoms with van der Waals surface area (Å²) in [6, 6.07) is 0. The molecule has 19 heavy (non-hydrogen) atoms. The Balaban J connectivity index is 2.18. The lowest BCUT2D eigenvalue weighted by Crippen LogP contribution is -2.31. The van der Waals surface area contributed by atoms with E-state index in [1.807, 2.05) is 6.92 Å². The molecule has 0 unspecified atom stereocenters. The van der Waals surface area contributed by atoms with Crippen molar-refractivity contribution < 1.29 is 23.9 Å². The van der Waals surface area contributed by atoms with Crippen molar-refractivity contribution in [2.24, 2.45) is 17.8 Å². The number of carbonyl (C=O) groups excluding carboxylic acids is 3. The molecule has 0 radical (unpaired) electrons. The van der Waals surface area contributed by atoms with E-state index >= 15 is 0 Å². The largest absolute Gasteiger partial charge is 0.469 e. The summed E-state index contributed by atoms with van der Waals surface area (Å²) in [5.41, 5.74) is -0.549. The molecule has 5 nitrogen and oxygen atoms in total. The topological polar surface area (TPSA) is 69.7 Å². The number of ether oxygens (including phenoxy) is 2. The van der Waals surface area contributed by atoms with E-state index in [1.54, 1.807) is 0 Å². The predicted molar refractivity (Wildman–Crippen MR) is 66.1 cm³/mol. The van der Waals surface area contributed by atoms with Crippen LogP contribution in [0.2, 0.25) is 0 Å². The molecule has 1 spiro atoms. The van der Waals surface area contributed by atoms with Gasteiger partial charge in [0.1, 0.15) is 11.4 Å². The lowest BCUT2D eigenvalue weighted by atomic mass is 9.86. The lowest BCUT2D eigenvalue weighted by molar-refractivity contribution is -0.149. The molecule has 2 fully saturated rings. The molecular formula is C14H20O5. The number of hydrogen-bond acceptors (Lipinski definition) is 5. The summed E-state index contributed by atoms with van der Waals surface area (Å²) < 4.78 is 10.2. The van der Waals surface area contributed by atoms with Crippen molar-refractivity contribution in [3.63, 3.8) is 0 Å². The fourth-order valence-corrected chi connectivity index (χ4v) is 3.49. The lowest BCUT2D eigenvalue weighted by Gasteiger charge is -2.26. The van der Waals surface area contributed by atoms with Crippen molar-refractivity contribution in [2.45, 2.75) is 45.1 Å². The van der Waals surface area contributed by atoms with Gasteiger partial charge < -0.3 is 9.47 Å². The molecule has 0 aromatic heterocycles. The number of Topliss-reactive ketones (excluding diaryl/α,β-unsaturated/α-hetero) is 1. The fraction of sp³-hybridized carbons (Fsp3) is 0.786. The second kappa shape index (κ2) is 4.94. The van der Waals surface area contributed by atoms with Crippen LogP contribution in [-0.2, 0) is 23.9 Å². The third-order valence-corrected chi connectivity index (χ3v) is 4.61. The number of hydrogen-bond donors (Lipinski definition) is 0. The van der Waals surface area contributed by atoms with Crippen LogP contribution in [0.4, 0.5) is 0 Å². The van der Waals surface area contributed by atoms with Gasteiger partial charge in [0.25, 0.3) is 0 Å². The van der Waals surface area contributed by atoms with Crippen molar-refractivity contribution in [1.29, 1.82) is 0 Å². The van der Waals surface area contributed by atoms with E-state index in [-0.39, 0.29) is 41.9 Å². The zero-order valence-electron chi connectivity index (χ0n) is 11.6. The Bertz CT molecular complexity index is 416. The van der Waals surface area contributed by atoms with Crippen molar-refractivity contribution in [1.82, 2.24) is 0 Å². The van der Waals surface area contributed by atoms with Gasteiger partial charge in [-0.3, -0.25) is 14.4 Å². The van der Waals surface area contributed by atoms with E-state index in [0.29, 0.717) is 19.3 Å². The Morgan fingerprint density at radius 3 is 2.58 bits per heavy atom. The van der Waals surface area contributed by atoms with Gasteiger partial charge in [0.05, 0.1) is 13.5 Å². The highest BCUT2D eigenvalue weighted by Crippen LogP contribution is 2.51. The Morgan fingerprint density at radius 1 is 1.42 bits per heavy atom. The molecule has 0 aromatic rings. The summed E-state index contributed by atoms with van der Waals surface area (Å²) in [5.74, 6) is -0.657. The molecule has 0 bridgehead atoms. The minimum Gasteiger partial charge on any atom is -0.469 e. The molecule has 5 heteroatoms. The highest BCUT2D eigenvalue weighted by molar-refractivity contribution is 5.81. The molecule has 2 rings (SSSR count). The van der Waals surface area contributed by atoms with Crippen molar-refractivity contribution in [2.75, 3.05) is 7.11 Å². The van der Waals surface area contributed by atoms with Gasteiger partial charge in [0, 0.05) is 18.3 Å². The van der Waals surface area contributed by atoms with Crippen LogP contribution in [0.25, 0.3) is 0 Å². The summed E-state index contributed by atoms with van der Waals surface area (Å²) in [5, 5.41) is 0. The highest BCUT2D eigenvalue weighted by Gasteiger charge is 2.56. The summed E-state index contributed by atoms with van der Waals surface area (Å²) in [7, 11) is 1.34. The third kappa shape index (κ3) is 2.51. The maximum Gasteiger partial charge on any atom is 0.306 e. The van der Waals surface area contributed by atoms with Crippen LogP contribution in [0.3, 0.4) is 0 Å². The van der Waals surface area contributed by atoms with Crippen LogP contribution in [-0.4, -0.2) is 30.4 Å². The molecule has 1 heterocycles. The standard InChI is InChI=1S/C14H20O5/c1-8-4-13(17)19-14(8)6-10(5-12(16)18-3)11(7-14)9(2)15/h8,10-11H,4-7H2,1-3H3/t8-,10-,11-,14-/m0/s1. The number of methoxy groups -OCH3 is 1. The van der Waals surface area contributed by atoms with Crippen LogP contribution in [0.15, 0.2) is 0 Å². The molecule has 106 valence electrons. The van der Waals surface area contributed by atoms with Gasteiger partial charge in [-0.25, -0.2) is 0 Å². The predicted octanol–water partition coefficient (Wildman–Crippen LogP) is 1.49. The molecule has 0 amide bonds. The average molecular weight is 268 g/mol. The van der Waals surface area contributed by atoms with Gasteiger partial charge in [0.15, 0.2) is 0 Å². The third-order valence-electron chi connectivity index (χ3n) is 4.61. The van der Waals surface area contributed by atoms with Crippen LogP contribution in [0.5, 0.6) is 0 Å². The Morgan fingerprint density at radius 2 is 2.11 bits per heavy atom. The van der Waals surface area contributed by atoms with Crippen LogP contribution in [0, 0.1) is 17.8 Å². The monoisotopic (exact) mass is 268 g/mol. The smallest absolute Gasteiger partial charge is 0.306 e. The van der Waals surface area contributed by atoms with E-state index in [0.717, 1.165) is 0 Å². The van der Waals surface area contributed by atoms with E-state index < -0.39 is 5.60 Å². The average Bonchev–Trinajstić information content (AvgIpc) is 2.81. The van der Waals surface area contributed by atoms with Gasteiger partial charge in [-0.15, -0.1) is 0 Å². The summed E-state index contributed by atoms with van der Waals surface area (Å²) in [6.07, 6.45) is 1.73. The Kier molecular flexibility index (Phi) is 3.65. The molecule has 1 saturated carbocycles. The normalized spacial score (nSPS) is 37.4. The second-order valence-corrected chi connectivity index (χ2v) is 5.81. The molecule has 1 aliphatic carbocycles.